The van der Waals surface area contributed by atoms with Crippen molar-refractivity contribution in [3.05, 3.63) is 34.9 Å². The smallest absolute Gasteiger partial charge is 0.234 e. The number of rotatable bonds is 5. The van der Waals surface area contributed by atoms with Gasteiger partial charge in [-0.05, 0) is 38.0 Å². The molecule has 1 aromatic carbocycles. The number of carbonyl (C=O) groups excluding carboxylic acids is 1. The van der Waals surface area contributed by atoms with Crippen LogP contribution in [0.2, 0.25) is 5.02 Å². The topological polar surface area (TPSA) is 60.0 Å². The van der Waals surface area contributed by atoms with Gasteiger partial charge in [0.2, 0.25) is 5.91 Å². The SMILES string of the molecule is CN=C(NC1CC1c1cccc(Cl)c1)N1CCN(CC(=O)NC(C)C)CC1.I. The molecule has 1 aliphatic heterocycles. The van der Waals surface area contributed by atoms with Crippen molar-refractivity contribution in [2.45, 2.75) is 38.3 Å². The predicted octanol–water partition coefficient (Wildman–Crippen LogP) is 2.53. The second kappa shape index (κ2) is 10.6. The van der Waals surface area contributed by atoms with E-state index < -0.39 is 0 Å². The number of guanidine groups is 1. The monoisotopic (exact) mass is 519 g/mol. The number of aliphatic imine (C=N–C) groups is 1. The van der Waals surface area contributed by atoms with Crippen molar-refractivity contribution in [3.8, 4) is 0 Å². The lowest BCUT2D eigenvalue weighted by atomic mass is 10.1. The van der Waals surface area contributed by atoms with E-state index in [1.807, 2.05) is 33.0 Å². The second-order valence-electron chi connectivity index (χ2n) is 7.68. The van der Waals surface area contributed by atoms with Crippen LogP contribution in [-0.4, -0.2) is 73.5 Å². The predicted molar refractivity (Wildman–Crippen MR) is 126 cm³/mol. The van der Waals surface area contributed by atoms with Crippen molar-refractivity contribution in [2.75, 3.05) is 39.8 Å². The van der Waals surface area contributed by atoms with E-state index in [1.165, 1.54) is 5.56 Å². The van der Waals surface area contributed by atoms with Crippen molar-refractivity contribution < 1.29 is 4.79 Å². The van der Waals surface area contributed by atoms with Gasteiger partial charge in [-0.1, -0.05) is 23.7 Å². The summed E-state index contributed by atoms with van der Waals surface area (Å²) < 4.78 is 0. The van der Waals surface area contributed by atoms with Gasteiger partial charge in [0.25, 0.3) is 0 Å². The molecular formula is C20H31ClIN5O. The number of piperazine rings is 1. The van der Waals surface area contributed by atoms with E-state index in [0.717, 1.165) is 43.6 Å². The highest BCUT2D eigenvalue weighted by Gasteiger charge is 2.39. The van der Waals surface area contributed by atoms with Crippen LogP contribution in [0.25, 0.3) is 0 Å². The number of hydrogen-bond acceptors (Lipinski definition) is 3. The average Bonchev–Trinajstić information content (AvgIpc) is 3.39. The van der Waals surface area contributed by atoms with Crippen LogP contribution < -0.4 is 10.6 Å². The molecule has 1 saturated heterocycles. The highest BCUT2D eigenvalue weighted by molar-refractivity contribution is 14.0. The number of amides is 1. The van der Waals surface area contributed by atoms with E-state index in [9.17, 15) is 4.79 Å². The quantitative estimate of drug-likeness (QED) is 0.357. The van der Waals surface area contributed by atoms with Gasteiger partial charge in [0.1, 0.15) is 0 Å². The molecule has 28 heavy (non-hydrogen) atoms. The minimum absolute atomic E-state index is 0. The average molecular weight is 520 g/mol. The van der Waals surface area contributed by atoms with Gasteiger partial charge in [-0.3, -0.25) is 14.7 Å². The number of hydrogen-bond donors (Lipinski definition) is 2. The van der Waals surface area contributed by atoms with Crippen LogP contribution in [0.15, 0.2) is 29.3 Å². The molecule has 1 aliphatic carbocycles. The maximum absolute atomic E-state index is 11.9. The molecule has 1 amide bonds. The molecule has 1 saturated carbocycles. The van der Waals surface area contributed by atoms with Gasteiger partial charge in [-0.15, -0.1) is 24.0 Å². The van der Waals surface area contributed by atoms with Crippen LogP contribution in [0, 0.1) is 0 Å². The molecule has 156 valence electrons. The first-order chi connectivity index (χ1) is 13.0. The van der Waals surface area contributed by atoms with Gasteiger partial charge >= 0.3 is 0 Å². The van der Waals surface area contributed by atoms with Crippen molar-refractivity contribution >= 4 is 47.4 Å². The maximum Gasteiger partial charge on any atom is 0.234 e. The fraction of sp³-hybridized carbons (Fsp3) is 0.600. The lowest BCUT2D eigenvalue weighted by Crippen LogP contribution is -2.54. The Kier molecular flexibility index (Phi) is 8.82. The summed E-state index contributed by atoms with van der Waals surface area (Å²) in [7, 11) is 1.83. The molecule has 2 atom stereocenters. The Labute approximate surface area is 190 Å². The van der Waals surface area contributed by atoms with E-state index in [-0.39, 0.29) is 35.9 Å². The molecule has 0 radical (unpaired) electrons. The molecule has 8 heteroatoms. The van der Waals surface area contributed by atoms with Gasteiger partial charge in [-0.25, -0.2) is 0 Å². The van der Waals surface area contributed by atoms with Crippen molar-refractivity contribution in [3.63, 3.8) is 0 Å². The van der Waals surface area contributed by atoms with E-state index in [1.54, 1.807) is 0 Å². The fourth-order valence-corrected chi connectivity index (χ4v) is 3.81. The Morgan fingerprint density at radius 2 is 2.00 bits per heavy atom. The number of nitrogens with zero attached hydrogens (tertiary/aromatic N) is 3. The van der Waals surface area contributed by atoms with Crippen LogP contribution in [0.3, 0.4) is 0 Å². The minimum atomic E-state index is 0. The zero-order valence-electron chi connectivity index (χ0n) is 16.8. The molecule has 0 aromatic heterocycles. The molecule has 2 unspecified atom stereocenters. The number of benzene rings is 1. The highest BCUT2D eigenvalue weighted by atomic mass is 127. The van der Waals surface area contributed by atoms with Gasteiger partial charge in [0.05, 0.1) is 6.54 Å². The van der Waals surface area contributed by atoms with Crippen LogP contribution in [-0.2, 0) is 4.79 Å². The zero-order chi connectivity index (χ0) is 19.4. The molecule has 0 spiro atoms. The van der Waals surface area contributed by atoms with E-state index in [0.29, 0.717) is 18.5 Å². The van der Waals surface area contributed by atoms with Crippen LogP contribution in [0.5, 0.6) is 0 Å². The Morgan fingerprint density at radius 1 is 1.29 bits per heavy atom. The Morgan fingerprint density at radius 3 is 2.61 bits per heavy atom. The molecule has 3 rings (SSSR count). The Hall–Kier alpha value is -1.06. The first kappa shape index (κ1) is 23.2. The Balaban J connectivity index is 0.00000280. The van der Waals surface area contributed by atoms with Gasteiger partial charge in [0.15, 0.2) is 5.96 Å². The van der Waals surface area contributed by atoms with Crippen LogP contribution >= 0.6 is 35.6 Å². The summed E-state index contributed by atoms with van der Waals surface area (Å²) in [6.07, 6.45) is 1.11. The maximum atomic E-state index is 11.9. The van der Waals surface area contributed by atoms with E-state index in [2.05, 4.69) is 37.6 Å². The molecular weight excluding hydrogens is 489 g/mol. The van der Waals surface area contributed by atoms with Crippen molar-refractivity contribution in [1.29, 1.82) is 0 Å². The summed E-state index contributed by atoms with van der Waals surface area (Å²) in [5.74, 6) is 1.56. The summed E-state index contributed by atoms with van der Waals surface area (Å²) >= 11 is 6.11. The van der Waals surface area contributed by atoms with E-state index >= 15 is 0 Å². The second-order valence-corrected chi connectivity index (χ2v) is 8.12. The molecule has 0 bridgehead atoms. The van der Waals surface area contributed by atoms with Crippen LogP contribution in [0.1, 0.15) is 31.7 Å². The third-order valence-corrected chi connectivity index (χ3v) is 5.32. The van der Waals surface area contributed by atoms with Crippen LogP contribution in [0.4, 0.5) is 0 Å². The third-order valence-electron chi connectivity index (χ3n) is 5.08. The largest absolute Gasteiger partial charge is 0.353 e. The Bertz CT molecular complexity index is 691. The normalized spacial score (nSPS) is 22.6. The van der Waals surface area contributed by atoms with Crippen molar-refractivity contribution in [1.82, 2.24) is 20.4 Å². The van der Waals surface area contributed by atoms with Gasteiger partial charge in [0, 0.05) is 56.3 Å². The number of carbonyl (C=O) groups is 1. The summed E-state index contributed by atoms with van der Waals surface area (Å²) in [5, 5.41) is 7.34. The van der Waals surface area contributed by atoms with Gasteiger partial charge < -0.3 is 15.5 Å². The lowest BCUT2D eigenvalue weighted by Gasteiger charge is -2.36. The first-order valence-corrected chi connectivity index (χ1v) is 10.1. The standard InChI is InChI=1S/C20H30ClN5O.HI/c1-14(2)23-19(27)13-25-7-9-26(10-8-25)20(22-3)24-18-12-17(18)15-5-4-6-16(21)11-15;/h4-6,11,14,17-18H,7-10,12-13H2,1-3H3,(H,22,24)(H,23,27);1H. The zero-order valence-corrected chi connectivity index (χ0v) is 19.9. The summed E-state index contributed by atoms with van der Waals surface area (Å²) in [4.78, 5) is 20.9. The number of halogens is 2. The van der Waals surface area contributed by atoms with Crippen molar-refractivity contribution in [2.24, 2.45) is 4.99 Å². The van der Waals surface area contributed by atoms with E-state index in [4.69, 9.17) is 11.6 Å². The fourth-order valence-electron chi connectivity index (χ4n) is 3.61. The summed E-state index contributed by atoms with van der Waals surface area (Å²) in [6.45, 7) is 7.94. The lowest BCUT2D eigenvalue weighted by molar-refractivity contribution is -0.123. The molecule has 1 aromatic rings. The molecule has 6 nitrogen and oxygen atoms in total. The summed E-state index contributed by atoms with van der Waals surface area (Å²) in [6, 6.07) is 8.72. The van der Waals surface area contributed by atoms with Gasteiger partial charge in [-0.2, -0.15) is 0 Å². The molecule has 2 N–H and O–H groups in total. The minimum Gasteiger partial charge on any atom is -0.353 e. The molecule has 2 fully saturated rings. The molecule has 2 aliphatic rings. The summed E-state index contributed by atoms with van der Waals surface area (Å²) in [5.41, 5.74) is 1.29. The highest BCUT2D eigenvalue weighted by Crippen LogP contribution is 2.41. The third kappa shape index (κ3) is 6.49. The first-order valence-electron chi connectivity index (χ1n) is 9.71. The number of nitrogens with one attached hydrogen (secondary N) is 2. The molecule has 1 heterocycles.